The normalized spacial score (nSPS) is 12.6. The molecule has 2 rings (SSSR count). The van der Waals surface area contributed by atoms with Gasteiger partial charge in [0, 0.05) is 11.8 Å². The molecule has 0 bridgehead atoms. The zero-order chi connectivity index (χ0) is 31.5. The number of carbonyl (C=O) groups excluding carboxylic acids is 2. The summed E-state index contributed by atoms with van der Waals surface area (Å²) in [6.45, 7) is 10.6. The first-order valence-electron chi connectivity index (χ1n) is 17.4. The van der Waals surface area contributed by atoms with Crippen molar-refractivity contribution in [2.45, 2.75) is 174 Å². The summed E-state index contributed by atoms with van der Waals surface area (Å²) in [5, 5.41) is 18.4. The number of amides is 2. The number of H-pyrrole nitrogens is 1. The molecule has 0 saturated heterocycles. The van der Waals surface area contributed by atoms with Gasteiger partial charge in [0.25, 0.3) is 0 Å². The minimum absolute atomic E-state index is 0.0392. The SMILES string of the molecule is CCCCCCCCCCCCCCCCCC(=O)NCC(=O)NC(CCCCC)c1nnc2c(Cl)c(C(C)(C)C)[nH]n12. The molecule has 1 unspecified atom stereocenters. The van der Waals surface area contributed by atoms with Crippen LogP contribution in [-0.4, -0.2) is 38.2 Å². The Kier molecular flexibility index (Phi) is 17.9. The van der Waals surface area contributed by atoms with Gasteiger partial charge in [0.1, 0.15) is 5.02 Å². The van der Waals surface area contributed by atoms with Crippen LogP contribution in [0.5, 0.6) is 0 Å². The lowest BCUT2D eigenvalue weighted by Crippen LogP contribution is -2.39. The Bertz CT molecular complexity index is 1060. The fourth-order valence-electron chi connectivity index (χ4n) is 5.58. The van der Waals surface area contributed by atoms with E-state index in [1.807, 2.05) is 0 Å². The number of hydrogen-bond acceptors (Lipinski definition) is 4. The minimum atomic E-state index is -0.330. The number of nitrogens with one attached hydrogen (secondary N) is 3. The van der Waals surface area contributed by atoms with Crippen LogP contribution in [0.15, 0.2) is 0 Å². The third-order valence-corrected chi connectivity index (χ3v) is 8.63. The zero-order valence-electron chi connectivity index (χ0n) is 28.0. The summed E-state index contributed by atoms with van der Waals surface area (Å²) in [5.41, 5.74) is 1.26. The van der Waals surface area contributed by atoms with Crippen molar-refractivity contribution >= 4 is 29.1 Å². The van der Waals surface area contributed by atoms with E-state index < -0.39 is 0 Å². The standard InChI is InChI=1S/C34H61ClN6O2/c1-6-8-10-11-12-13-14-15-16-17-18-19-20-21-23-25-28(42)36-26-29(43)37-27(24-22-9-7-2)32-38-39-33-30(35)31(34(3,4)5)40-41(32)33/h27,40H,6-26H2,1-5H3,(H,36,42)(H,37,43). The maximum atomic E-state index is 12.8. The molecular formula is C34H61ClN6O2. The molecule has 3 N–H and O–H groups in total. The molecular weight excluding hydrogens is 560 g/mol. The van der Waals surface area contributed by atoms with Crippen LogP contribution in [0.2, 0.25) is 5.02 Å². The van der Waals surface area contributed by atoms with E-state index in [1.54, 1.807) is 4.52 Å². The lowest BCUT2D eigenvalue weighted by atomic mass is 9.92. The van der Waals surface area contributed by atoms with Crippen molar-refractivity contribution in [2.75, 3.05) is 6.54 Å². The molecule has 8 nitrogen and oxygen atoms in total. The van der Waals surface area contributed by atoms with Gasteiger partial charge in [-0.15, -0.1) is 10.2 Å². The maximum Gasteiger partial charge on any atom is 0.239 e. The van der Waals surface area contributed by atoms with Gasteiger partial charge in [0.05, 0.1) is 18.3 Å². The molecule has 0 aliphatic carbocycles. The Morgan fingerprint density at radius 3 is 1.81 bits per heavy atom. The van der Waals surface area contributed by atoms with Gasteiger partial charge < -0.3 is 10.6 Å². The van der Waals surface area contributed by atoms with E-state index in [0.29, 0.717) is 22.9 Å². The molecule has 0 spiro atoms. The number of aromatic nitrogens is 4. The third-order valence-electron chi connectivity index (χ3n) is 8.27. The van der Waals surface area contributed by atoms with Crippen molar-refractivity contribution in [3.05, 3.63) is 16.5 Å². The van der Waals surface area contributed by atoms with Gasteiger partial charge in [-0.25, -0.2) is 4.52 Å². The second kappa shape index (κ2) is 20.8. The Hall–Kier alpha value is -2.09. The highest BCUT2D eigenvalue weighted by Crippen LogP contribution is 2.32. The van der Waals surface area contributed by atoms with Gasteiger partial charge >= 0.3 is 0 Å². The van der Waals surface area contributed by atoms with Crippen LogP contribution in [0.25, 0.3) is 5.65 Å². The fourth-order valence-corrected chi connectivity index (χ4v) is 6.03. The average molecular weight is 621 g/mol. The van der Waals surface area contributed by atoms with E-state index in [1.165, 1.54) is 83.5 Å². The molecule has 0 aliphatic rings. The number of unbranched alkanes of at least 4 members (excludes halogenated alkanes) is 16. The van der Waals surface area contributed by atoms with Gasteiger partial charge in [-0.2, -0.15) is 0 Å². The molecule has 0 saturated carbocycles. The van der Waals surface area contributed by atoms with Crippen LogP contribution < -0.4 is 10.6 Å². The summed E-state index contributed by atoms with van der Waals surface area (Å²) in [7, 11) is 0. The number of halogens is 1. The van der Waals surface area contributed by atoms with E-state index in [0.717, 1.165) is 44.2 Å². The van der Waals surface area contributed by atoms with E-state index in [9.17, 15) is 9.59 Å². The Morgan fingerprint density at radius 2 is 1.28 bits per heavy atom. The first-order valence-corrected chi connectivity index (χ1v) is 17.8. The molecule has 0 aromatic carbocycles. The molecule has 2 heterocycles. The van der Waals surface area contributed by atoms with Crippen molar-refractivity contribution in [1.29, 1.82) is 0 Å². The first kappa shape index (κ1) is 37.1. The molecule has 246 valence electrons. The summed E-state index contributed by atoms with van der Waals surface area (Å²) in [6, 6.07) is -0.330. The fraction of sp³-hybridized carbons (Fsp3) is 0.824. The van der Waals surface area contributed by atoms with E-state index >= 15 is 0 Å². The summed E-state index contributed by atoms with van der Waals surface area (Å²) in [4.78, 5) is 25.2. The second-order valence-electron chi connectivity index (χ2n) is 13.4. The van der Waals surface area contributed by atoms with Crippen LogP contribution in [0.3, 0.4) is 0 Å². The van der Waals surface area contributed by atoms with Gasteiger partial charge in [-0.3, -0.25) is 14.7 Å². The minimum Gasteiger partial charge on any atom is -0.347 e. The number of fused-ring (bicyclic) bond motifs is 1. The zero-order valence-corrected chi connectivity index (χ0v) is 28.7. The summed E-state index contributed by atoms with van der Waals surface area (Å²) in [5.74, 6) is 0.334. The number of rotatable bonds is 24. The molecule has 2 aromatic heterocycles. The largest absolute Gasteiger partial charge is 0.347 e. The molecule has 9 heteroatoms. The predicted molar refractivity (Wildman–Crippen MR) is 179 cm³/mol. The number of aromatic amines is 1. The molecule has 2 amide bonds. The Balaban J connectivity index is 1.64. The highest BCUT2D eigenvalue weighted by Gasteiger charge is 2.27. The van der Waals surface area contributed by atoms with Crippen LogP contribution in [0.1, 0.15) is 181 Å². The quantitative estimate of drug-likeness (QED) is 0.102. The van der Waals surface area contributed by atoms with Crippen LogP contribution in [-0.2, 0) is 15.0 Å². The summed E-state index contributed by atoms with van der Waals surface area (Å²) < 4.78 is 1.79. The van der Waals surface area contributed by atoms with Gasteiger partial charge in [-0.1, -0.05) is 155 Å². The van der Waals surface area contributed by atoms with E-state index in [-0.39, 0.29) is 29.8 Å². The summed E-state index contributed by atoms with van der Waals surface area (Å²) in [6.07, 6.45) is 23.7. The van der Waals surface area contributed by atoms with Crippen molar-refractivity contribution in [3.63, 3.8) is 0 Å². The van der Waals surface area contributed by atoms with Crippen molar-refractivity contribution in [2.24, 2.45) is 0 Å². The molecule has 0 radical (unpaired) electrons. The highest BCUT2D eigenvalue weighted by atomic mass is 35.5. The van der Waals surface area contributed by atoms with Gasteiger partial charge in [0.15, 0.2) is 11.5 Å². The van der Waals surface area contributed by atoms with Gasteiger partial charge in [-0.05, 0) is 12.8 Å². The van der Waals surface area contributed by atoms with Crippen molar-refractivity contribution in [1.82, 2.24) is 30.4 Å². The van der Waals surface area contributed by atoms with Crippen molar-refractivity contribution in [3.8, 4) is 0 Å². The number of carbonyl (C=O) groups is 2. The third kappa shape index (κ3) is 14.0. The molecule has 0 aliphatic heterocycles. The van der Waals surface area contributed by atoms with Crippen LogP contribution in [0, 0.1) is 0 Å². The monoisotopic (exact) mass is 620 g/mol. The van der Waals surface area contributed by atoms with Gasteiger partial charge in [0.2, 0.25) is 11.8 Å². The Labute approximate surface area is 266 Å². The molecule has 1 atom stereocenters. The smallest absolute Gasteiger partial charge is 0.239 e. The van der Waals surface area contributed by atoms with Crippen molar-refractivity contribution < 1.29 is 9.59 Å². The molecule has 0 fully saturated rings. The molecule has 43 heavy (non-hydrogen) atoms. The highest BCUT2D eigenvalue weighted by molar-refractivity contribution is 6.34. The lowest BCUT2D eigenvalue weighted by Gasteiger charge is -2.18. The summed E-state index contributed by atoms with van der Waals surface area (Å²) >= 11 is 6.61. The first-order chi connectivity index (χ1) is 20.7. The number of nitrogens with zero attached hydrogens (tertiary/aromatic N) is 3. The lowest BCUT2D eigenvalue weighted by molar-refractivity contribution is -0.126. The second-order valence-corrected chi connectivity index (χ2v) is 13.7. The average Bonchev–Trinajstić information content (AvgIpc) is 3.53. The topological polar surface area (TPSA) is 104 Å². The maximum absolute atomic E-state index is 12.8. The van der Waals surface area contributed by atoms with Crippen LogP contribution in [0.4, 0.5) is 0 Å². The predicted octanol–water partition coefficient (Wildman–Crippen LogP) is 9.12. The molecule has 2 aromatic rings. The Morgan fingerprint density at radius 1 is 0.767 bits per heavy atom. The van der Waals surface area contributed by atoms with Crippen LogP contribution >= 0.6 is 11.6 Å². The van der Waals surface area contributed by atoms with E-state index in [4.69, 9.17) is 11.6 Å². The number of hydrogen-bond donors (Lipinski definition) is 3. The van der Waals surface area contributed by atoms with E-state index in [2.05, 4.69) is 60.5 Å².